The molecule has 2 rings (SSSR count). The van der Waals surface area contributed by atoms with Crippen LogP contribution in [0.2, 0.25) is 0 Å². The lowest BCUT2D eigenvalue weighted by atomic mass is 10.1. The van der Waals surface area contributed by atoms with Crippen LogP contribution >= 0.6 is 0 Å². The van der Waals surface area contributed by atoms with E-state index in [1.807, 2.05) is 25.1 Å². The maximum atomic E-state index is 13.6. The quantitative estimate of drug-likeness (QED) is 0.501. The highest BCUT2D eigenvalue weighted by Crippen LogP contribution is 2.17. The minimum Gasteiger partial charge on any atom is -0.497 e. The molecule has 0 heterocycles. The van der Waals surface area contributed by atoms with E-state index in [2.05, 4.69) is 15.6 Å². The standard InChI is InChI=1S/C20H26FN3O2/c1-3-22-20(23-13-12-15-6-4-5-7-18(15)21)24-14-19(25)16-8-10-17(26-2)11-9-16/h4-11,19,25H,3,12-14H2,1-2H3,(H2,22,23,24). The molecule has 0 radical (unpaired) electrons. The zero-order valence-corrected chi connectivity index (χ0v) is 15.2. The molecular weight excluding hydrogens is 333 g/mol. The molecule has 1 unspecified atom stereocenters. The molecule has 0 aliphatic carbocycles. The van der Waals surface area contributed by atoms with E-state index in [4.69, 9.17) is 4.74 Å². The summed E-state index contributed by atoms with van der Waals surface area (Å²) in [5.41, 5.74) is 1.44. The van der Waals surface area contributed by atoms with E-state index in [0.29, 0.717) is 31.0 Å². The van der Waals surface area contributed by atoms with Crippen molar-refractivity contribution in [1.82, 2.24) is 10.6 Å². The van der Waals surface area contributed by atoms with Crippen molar-refractivity contribution in [1.29, 1.82) is 0 Å². The zero-order valence-electron chi connectivity index (χ0n) is 15.2. The van der Waals surface area contributed by atoms with Crippen molar-refractivity contribution in [3.8, 4) is 5.75 Å². The number of benzene rings is 2. The zero-order chi connectivity index (χ0) is 18.8. The minimum absolute atomic E-state index is 0.203. The van der Waals surface area contributed by atoms with Gasteiger partial charge in [0.2, 0.25) is 0 Å². The van der Waals surface area contributed by atoms with E-state index < -0.39 is 6.10 Å². The summed E-state index contributed by atoms with van der Waals surface area (Å²) in [6, 6.07) is 14.0. The van der Waals surface area contributed by atoms with Gasteiger partial charge >= 0.3 is 0 Å². The molecule has 3 N–H and O–H groups in total. The molecule has 0 aliphatic rings. The van der Waals surface area contributed by atoms with E-state index >= 15 is 0 Å². The summed E-state index contributed by atoms with van der Waals surface area (Å²) in [5, 5.41) is 16.6. The van der Waals surface area contributed by atoms with E-state index in [0.717, 1.165) is 11.3 Å². The number of nitrogens with one attached hydrogen (secondary N) is 2. The van der Waals surface area contributed by atoms with Crippen LogP contribution in [0.3, 0.4) is 0 Å². The largest absolute Gasteiger partial charge is 0.497 e. The maximum Gasteiger partial charge on any atom is 0.191 e. The fourth-order valence-corrected chi connectivity index (χ4v) is 2.47. The molecule has 0 saturated carbocycles. The van der Waals surface area contributed by atoms with E-state index in [1.54, 1.807) is 31.4 Å². The predicted octanol–water partition coefficient (Wildman–Crippen LogP) is 2.67. The first-order chi connectivity index (χ1) is 12.6. The summed E-state index contributed by atoms with van der Waals surface area (Å²) < 4.78 is 18.8. The van der Waals surface area contributed by atoms with Crippen LogP contribution in [0.5, 0.6) is 5.75 Å². The van der Waals surface area contributed by atoms with Gasteiger partial charge in [-0.1, -0.05) is 30.3 Å². The Balaban J connectivity index is 1.89. The highest BCUT2D eigenvalue weighted by molar-refractivity contribution is 5.79. The predicted molar refractivity (Wildman–Crippen MR) is 102 cm³/mol. The molecule has 0 aliphatic heterocycles. The van der Waals surface area contributed by atoms with Gasteiger partial charge in [-0.2, -0.15) is 0 Å². The molecule has 1 atom stereocenters. The Hall–Kier alpha value is -2.60. The van der Waals surface area contributed by atoms with E-state index in [-0.39, 0.29) is 12.4 Å². The maximum absolute atomic E-state index is 13.6. The van der Waals surface area contributed by atoms with Crippen LogP contribution in [0.1, 0.15) is 24.2 Å². The van der Waals surface area contributed by atoms with Crippen LogP contribution < -0.4 is 15.4 Å². The third-order valence-corrected chi connectivity index (χ3v) is 3.91. The smallest absolute Gasteiger partial charge is 0.191 e. The second-order valence-electron chi connectivity index (χ2n) is 5.78. The van der Waals surface area contributed by atoms with Crippen molar-refractivity contribution < 1.29 is 14.2 Å². The second kappa shape index (κ2) is 10.4. The number of aliphatic hydroxyl groups is 1. The van der Waals surface area contributed by atoms with Crippen molar-refractivity contribution in [3.05, 3.63) is 65.5 Å². The van der Waals surface area contributed by atoms with Gasteiger partial charge in [-0.25, -0.2) is 4.39 Å². The fourth-order valence-electron chi connectivity index (χ4n) is 2.47. The van der Waals surface area contributed by atoms with Crippen LogP contribution in [0.25, 0.3) is 0 Å². The van der Waals surface area contributed by atoms with Gasteiger partial charge < -0.3 is 20.5 Å². The number of nitrogens with zero attached hydrogens (tertiary/aromatic N) is 1. The van der Waals surface area contributed by atoms with Crippen LogP contribution in [-0.4, -0.2) is 37.8 Å². The molecule has 140 valence electrons. The third kappa shape index (κ3) is 6.04. The Morgan fingerprint density at radius 3 is 2.54 bits per heavy atom. The highest BCUT2D eigenvalue weighted by Gasteiger charge is 2.08. The number of methoxy groups -OCH3 is 1. The van der Waals surface area contributed by atoms with E-state index in [1.165, 1.54) is 6.07 Å². The number of rotatable bonds is 8. The number of aliphatic imine (C=N–C) groups is 1. The Morgan fingerprint density at radius 1 is 1.15 bits per heavy atom. The number of hydrogen-bond donors (Lipinski definition) is 3. The van der Waals surface area contributed by atoms with Gasteiger partial charge in [-0.3, -0.25) is 4.99 Å². The van der Waals surface area contributed by atoms with Gasteiger partial charge in [0.25, 0.3) is 0 Å². The Bertz CT molecular complexity index is 704. The van der Waals surface area contributed by atoms with Crippen molar-refractivity contribution in [3.63, 3.8) is 0 Å². The lowest BCUT2D eigenvalue weighted by Crippen LogP contribution is -2.38. The normalized spacial score (nSPS) is 12.5. The average Bonchev–Trinajstić information content (AvgIpc) is 2.67. The molecule has 0 amide bonds. The molecule has 5 nitrogen and oxygen atoms in total. The molecule has 6 heteroatoms. The second-order valence-corrected chi connectivity index (χ2v) is 5.78. The molecular formula is C20H26FN3O2. The van der Waals surface area contributed by atoms with Crippen LogP contribution in [0.15, 0.2) is 53.5 Å². The van der Waals surface area contributed by atoms with Crippen molar-refractivity contribution >= 4 is 5.96 Å². The first-order valence-electron chi connectivity index (χ1n) is 8.71. The average molecular weight is 359 g/mol. The molecule has 2 aromatic rings. The van der Waals surface area contributed by atoms with Crippen molar-refractivity contribution in [2.45, 2.75) is 19.4 Å². The topological polar surface area (TPSA) is 65.9 Å². The first kappa shape index (κ1) is 19.7. The van der Waals surface area contributed by atoms with Gasteiger partial charge in [0.15, 0.2) is 5.96 Å². The summed E-state index contributed by atoms with van der Waals surface area (Å²) in [6.45, 7) is 3.44. The number of halogens is 1. The number of ether oxygens (including phenoxy) is 1. The van der Waals surface area contributed by atoms with Gasteiger partial charge in [0.1, 0.15) is 11.6 Å². The monoisotopic (exact) mass is 359 g/mol. The minimum atomic E-state index is -0.706. The SMILES string of the molecule is CCNC(=NCC(O)c1ccc(OC)cc1)NCCc1ccccc1F. The lowest BCUT2D eigenvalue weighted by molar-refractivity contribution is 0.187. The molecule has 0 saturated heterocycles. The molecule has 26 heavy (non-hydrogen) atoms. The van der Waals surface area contributed by atoms with Gasteiger partial charge in [0.05, 0.1) is 19.8 Å². The molecule has 0 bridgehead atoms. The van der Waals surface area contributed by atoms with Crippen LogP contribution in [-0.2, 0) is 6.42 Å². The summed E-state index contributed by atoms with van der Waals surface area (Å²) >= 11 is 0. The van der Waals surface area contributed by atoms with Crippen molar-refractivity contribution in [2.24, 2.45) is 4.99 Å². The summed E-state index contributed by atoms with van der Waals surface area (Å²) in [7, 11) is 1.60. The summed E-state index contributed by atoms with van der Waals surface area (Å²) in [5.74, 6) is 1.13. The highest BCUT2D eigenvalue weighted by atomic mass is 19.1. The van der Waals surface area contributed by atoms with Gasteiger partial charge in [0, 0.05) is 13.1 Å². The molecule has 0 spiro atoms. The third-order valence-electron chi connectivity index (χ3n) is 3.91. The van der Waals surface area contributed by atoms with Gasteiger partial charge in [-0.15, -0.1) is 0 Å². The molecule has 0 aromatic heterocycles. The Morgan fingerprint density at radius 2 is 1.88 bits per heavy atom. The summed E-state index contributed by atoms with van der Waals surface area (Å²) in [6.07, 6.45) is -0.152. The van der Waals surface area contributed by atoms with Crippen molar-refractivity contribution in [2.75, 3.05) is 26.7 Å². The first-order valence-corrected chi connectivity index (χ1v) is 8.71. The molecule has 2 aromatic carbocycles. The fraction of sp³-hybridized carbons (Fsp3) is 0.350. The Kier molecular flexibility index (Phi) is 7.89. The lowest BCUT2D eigenvalue weighted by Gasteiger charge is -2.14. The van der Waals surface area contributed by atoms with Crippen LogP contribution in [0.4, 0.5) is 4.39 Å². The summed E-state index contributed by atoms with van der Waals surface area (Å²) in [4.78, 5) is 4.41. The van der Waals surface area contributed by atoms with Crippen LogP contribution in [0, 0.1) is 5.82 Å². The Labute approximate surface area is 153 Å². The number of guanidine groups is 1. The van der Waals surface area contributed by atoms with Gasteiger partial charge in [-0.05, 0) is 42.7 Å². The number of aliphatic hydroxyl groups excluding tert-OH is 1. The van der Waals surface area contributed by atoms with E-state index in [9.17, 15) is 9.50 Å². The number of hydrogen-bond acceptors (Lipinski definition) is 3. The molecule has 0 fully saturated rings.